The van der Waals surface area contributed by atoms with Crippen molar-refractivity contribution in [2.24, 2.45) is 0 Å². The maximum atomic E-state index is 12.4. The molecule has 1 aromatic heterocycles. The minimum Gasteiger partial charge on any atom is -0.497 e. The molecule has 2 rings (SSSR count). The molecule has 2 aromatic rings. The summed E-state index contributed by atoms with van der Waals surface area (Å²) < 4.78 is 10.2. The van der Waals surface area contributed by atoms with E-state index in [2.05, 4.69) is 5.32 Å². The van der Waals surface area contributed by atoms with Crippen molar-refractivity contribution < 1.29 is 23.9 Å². The number of Topliss-reactive ketones (excluding diaryl/α,β-unsaturated/α-hetero) is 1. The molecule has 0 atom stereocenters. The van der Waals surface area contributed by atoms with Crippen molar-refractivity contribution in [1.29, 1.82) is 0 Å². The summed E-state index contributed by atoms with van der Waals surface area (Å²) in [7, 11) is 1.60. The number of methoxy groups -OCH3 is 1. The van der Waals surface area contributed by atoms with Crippen LogP contribution in [0.2, 0.25) is 0 Å². The zero-order valence-electron chi connectivity index (χ0n) is 15.9. The molecular weight excluding hydrogens is 366 g/mol. The number of rotatable bonds is 8. The van der Waals surface area contributed by atoms with Crippen LogP contribution in [-0.2, 0) is 16.0 Å². The molecule has 0 unspecified atom stereocenters. The van der Waals surface area contributed by atoms with Crippen LogP contribution in [0.4, 0.5) is 5.00 Å². The monoisotopic (exact) mass is 389 g/mol. The summed E-state index contributed by atoms with van der Waals surface area (Å²) in [6.07, 6.45) is 0.801. The van der Waals surface area contributed by atoms with E-state index < -0.39 is 5.97 Å². The van der Waals surface area contributed by atoms with Gasteiger partial charge in [0.15, 0.2) is 5.78 Å². The number of aryl methyl sites for hydroxylation is 1. The van der Waals surface area contributed by atoms with E-state index >= 15 is 0 Å². The van der Waals surface area contributed by atoms with Crippen molar-refractivity contribution in [1.82, 2.24) is 0 Å². The Bertz CT molecular complexity index is 839. The van der Waals surface area contributed by atoms with Crippen molar-refractivity contribution >= 4 is 34.0 Å². The van der Waals surface area contributed by atoms with Crippen LogP contribution in [0, 0.1) is 6.92 Å². The summed E-state index contributed by atoms with van der Waals surface area (Å²) in [5.41, 5.74) is 1.80. The van der Waals surface area contributed by atoms with E-state index in [1.54, 1.807) is 21.0 Å². The predicted molar refractivity (Wildman–Crippen MR) is 105 cm³/mol. The Kier molecular flexibility index (Phi) is 7.12. The Hall–Kier alpha value is -2.67. The summed E-state index contributed by atoms with van der Waals surface area (Å²) in [6.45, 7) is 5.04. The number of ketones is 1. The molecule has 0 fully saturated rings. The van der Waals surface area contributed by atoms with Crippen LogP contribution in [0.3, 0.4) is 0 Å². The molecule has 0 aliphatic carbocycles. The van der Waals surface area contributed by atoms with Crippen molar-refractivity contribution in [2.45, 2.75) is 33.6 Å². The lowest BCUT2D eigenvalue weighted by atomic mass is 10.1. The maximum Gasteiger partial charge on any atom is 0.341 e. The second kappa shape index (κ2) is 9.32. The first-order chi connectivity index (χ1) is 12.9. The molecule has 1 N–H and O–H groups in total. The van der Waals surface area contributed by atoms with E-state index in [1.807, 2.05) is 24.3 Å². The zero-order chi connectivity index (χ0) is 20.0. The number of carbonyl (C=O) groups is 3. The van der Waals surface area contributed by atoms with Crippen LogP contribution in [0.25, 0.3) is 0 Å². The Morgan fingerprint density at radius 3 is 2.37 bits per heavy atom. The minimum absolute atomic E-state index is 0.151. The standard InChI is InChI=1S/C20H23NO5S/c1-5-26-20(24)17-12(2)18(13(3)22)27-19(17)21-16(23)11-8-14-6-9-15(25-4)10-7-14/h6-7,9-10H,5,8,11H2,1-4H3,(H,21,23). The first-order valence-corrected chi connectivity index (χ1v) is 9.43. The Morgan fingerprint density at radius 1 is 1.15 bits per heavy atom. The molecule has 1 heterocycles. The molecule has 0 spiro atoms. The van der Waals surface area contributed by atoms with E-state index in [-0.39, 0.29) is 30.3 Å². The average Bonchev–Trinajstić information content (AvgIpc) is 2.97. The summed E-state index contributed by atoms with van der Waals surface area (Å²) in [6, 6.07) is 7.49. The van der Waals surface area contributed by atoms with Crippen molar-refractivity contribution in [2.75, 3.05) is 19.0 Å². The molecule has 0 radical (unpaired) electrons. The van der Waals surface area contributed by atoms with Gasteiger partial charge in [0, 0.05) is 6.42 Å². The van der Waals surface area contributed by atoms with E-state index in [0.29, 0.717) is 21.9 Å². The van der Waals surface area contributed by atoms with Crippen LogP contribution in [0.15, 0.2) is 24.3 Å². The van der Waals surface area contributed by atoms with E-state index in [1.165, 1.54) is 6.92 Å². The van der Waals surface area contributed by atoms with Gasteiger partial charge in [-0.1, -0.05) is 12.1 Å². The first-order valence-electron chi connectivity index (χ1n) is 8.61. The SMILES string of the molecule is CCOC(=O)c1c(NC(=O)CCc2ccc(OC)cc2)sc(C(C)=O)c1C. The largest absolute Gasteiger partial charge is 0.497 e. The molecule has 0 bridgehead atoms. The molecular formula is C20H23NO5S. The van der Waals surface area contributed by atoms with Gasteiger partial charge in [0.05, 0.1) is 24.2 Å². The average molecular weight is 389 g/mol. The van der Waals surface area contributed by atoms with Gasteiger partial charge in [-0.15, -0.1) is 11.3 Å². The molecule has 6 nitrogen and oxygen atoms in total. The molecule has 7 heteroatoms. The number of benzene rings is 1. The number of hydrogen-bond acceptors (Lipinski definition) is 6. The van der Waals surface area contributed by atoms with E-state index in [4.69, 9.17) is 9.47 Å². The van der Waals surface area contributed by atoms with Gasteiger partial charge in [-0.3, -0.25) is 9.59 Å². The first kappa shape index (κ1) is 20.6. The number of hydrogen-bond donors (Lipinski definition) is 1. The van der Waals surface area contributed by atoms with Crippen LogP contribution >= 0.6 is 11.3 Å². The topological polar surface area (TPSA) is 81.7 Å². The second-order valence-corrected chi connectivity index (χ2v) is 6.95. The number of amides is 1. The highest BCUT2D eigenvalue weighted by Crippen LogP contribution is 2.34. The molecule has 0 saturated heterocycles. The summed E-state index contributed by atoms with van der Waals surface area (Å²) >= 11 is 1.10. The zero-order valence-corrected chi connectivity index (χ0v) is 16.7. The summed E-state index contributed by atoms with van der Waals surface area (Å²) in [4.78, 5) is 36.9. The molecule has 0 aliphatic rings. The lowest BCUT2D eigenvalue weighted by Gasteiger charge is -2.07. The predicted octanol–water partition coefficient (Wildman–Crippen LogP) is 4.02. The van der Waals surface area contributed by atoms with Crippen molar-refractivity contribution in [3.05, 3.63) is 45.8 Å². The third-order valence-corrected chi connectivity index (χ3v) is 5.31. The second-order valence-electron chi connectivity index (χ2n) is 5.93. The highest BCUT2D eigenvalue weighted by atomic mass is 32.1. The third-order valence-electron chi connectivity index (χ3n) is 4.00. The lowest BCUT2D eigenvalue weighted by Crippen LogP contribution is -2.15. The van der Waals surface area contributed by atoms with Gasteiger partial charge in [-0.05, 0) is 50.5 Å². The van der Waals surface area contributed by atoms with Crippen molar-refractivity contribution in [3.8, 4) is 5.75 Å². The number of ether oxygens (including phenoxy) is 2. The Labute approximate surface area is 162 Å². The number of nitrogens with one attached hydrogen (secondary N) is 1. The van der Waals surface area contributed by atoms with Crippen LogP contribution in [0.1, 0.15) is 51.4 Å². The molecule has 0 saturated carbocycles. The van der Waals surface area contributed by atoms with Crippen molar-refractivity contribution in [3.63, 3.8) is 0 Å². The summed E-state index contributed by atoms with van der Waals surface area (Å²) in [5.74, 6) is -0.160. The van der Waals surface area contributed by atoms with Gasteiger partial charge in [0.1, 0.15) is 10.8 Å². The fraction of sp³-hybridized carbons (Fsp3) is 0.350. The van der Waals surface area contributed by atoms with Crippen LogP contribution in [-0.4, -0.2) is 31.4 Å². The minimum atomic E-state index is -0.538. The number of thiophene rings is 1. The summed E-state index contributed by atoms with van der Waals surface area (Å²) in [5, 5.41) is 3.12. The van der Waals surface area contributed by atoms with E-state index in [0.717, 1.165) is 22.6 Å². The Morgan fingerprint density at radius 2 is 1.81 bits per heavy atom. The van der Waals surface area contributed by atoms with Gasteiger partial charge < -0.3 is 14.8 Å². The molecule has 1 aromatic carbocycles. The molecule has 0 aliphatic heterocycles. The highest BCUT2D eigenvalue weighted by molar-refractivity contribution is 7.18. The maximum absolute atomic E-state index is 12.4. The highest BCUT2D eigenvalue weighted by Gasteiger charge is 2.25. The molecule has 1 amide bonds. The number of carbonyl (C=O) groups excluding carboxylic acids is 3. The number of anilines is 1. The molecule has 144 valence electrons. The fourth-order valence-corrected chi connectivity index (χ4v) is 3.73. The van der Waals surface area contributed by atoms with Crippen LogP contribution in [0.5, 0.6) is 5.75 Å². The van der Waals surface area contributed by atoms with Gasteiger partial charge in [-0.2, -0.15) is 0 Å². The fourth-order valence-electron chi connectivity index (χ4n) is 2.63. The van der Waals surface area contributed by atoms with E-state index in [9.17, 15) is 14.4 Å². The third kappa shape index (κ3) is 5.17. The number of esters is 1. The van der Waals surface area contributed by atoms with Crippen LogP contribution < -0.4 is 10.1 Å². The van der Waals surface area contributed by atoms with Gasteiger partial charge in [0.25, 0.3) is 0 Å². The van der Waals surface area contributed by atoms with Gasteiger partial charge in [-0.25, -0.2) is 4.79 Å². The Balaban J connectivity index is 2.12. The quantitative estimate of drug-likeness (QED) is 0.545. The van der Waals surface area contributed by atoms with Gasteiger partial charge >= 0.3 is 5.97 Å². The smallest absolute Gasteiger partial charge is 0.341 e. The normalized spacial score (nSPS) is 10.4. The van der Waals surface area contributed by atoms with Gasteiger partial charge in [0.2, 0.25) is 5.91 Å². The molecule has 27 heavy (non-hydrogen) atoms. The lowest BCUT2D eigenvalue weighted by molar-refractivity contribution is -0.116.